The molecule has 0 bridgehead atoms. The second-order valence-corrected chi connectivity index (χ2v) is 3.96. The fraction of sp³-hybridized carbons (Fsp3) is 0. The van der Waals surface area contributed by atoms with Crippen molar-refractivity contribution in [1.82, 2.24) is 9.36 Å². The van der Waals surface area contributed by atoms with Crippen molar-refractivity contribution in [2.24, 2.45) is 0 Å². The second kappa shape index (κ2) is 3.44. The quantitative estimate of drug-likeness (QED) is 0.618. The van der Waals surface area contributed by atoms with Gasteiger partial charge in [-0.25, -0.2) is 0 Å². The lowest BCUT2D eigenvalue weighted by molar-refractivity contribution is 1.41. The van der Waals surface area contributed by atoms with Gasteiger partial charge in [-0.1, -0.05) is 18.2 Å². The van der Waals surface area contributed by atoms with Crippen molar-refractivity contribution in [1.29, 1.82) is 0 Å². The van der Waals surface area contributed by atoms with Gasteiger partial charge in [-0.05, 0) is 29.7 Å². The van der Waals surface area contributed by atoms with Crippen LogP contribution in [0.25, 0.3) is 22.2 Å². The van der Waals surface area contributed by atoms with Crippen LogP contribution in [0.15, 0.2) is 48.0 Å². The van der Waals surface area contributed by atoms with E-state index in [4.69, 9.17) is 0 Å². The summed E-state index contributed by atoms with van der Waals surface area (Å²) < 4.78 is 4.31. The zero-order valence-electron chi connectivity index (χ0n) is 7.92. The molecule has 0 amide bonds. The fourth-order valence-corrected chi connectivity index (χ4v) is 2.12. The van der Waals surface area contributed by atoms with E-state index in [1.807, 2.05) is 23.7 Å². The maximum atomic E-state index is 4.33. The summed E-state index contributed by atoms with van der Waals surface area (Å²) in [7, 11) is 0. The van der Waals surface area contributed by atoms with Crippen molar-refractivity contribution in [2.45, 2.75) is 0 Å². The highest BCUT2D eigenvalue weighted by molar-refractivity contribution is 7.03. The summed E-state index contributed by atoms with van der Waals surface area (Å²) in [5.41, 5.74) is 3.16. The molecule has 2 heterocycles. The van der Waals surface area contributed by atoms with Gasteiger partial charge in [-0.2, -0.15) is 4.37 Å². The van der Waals surface area contributed by atoms with Gasteiger partial charge in [0.1, 0.15) is 0 Å². The van der Waals surface area contributed by atoms with Gasteiger partial charge in [0.15, 0.2) is 0 Å². The number of fused-ring (bicyclic) bond motifs is 1. The van der Waals surface area contributed by atoms with Crippen molar-refractivity contribution in [2.75, 3.05) is 0 Å². The molecule has 15 heavy (non-hydrogen) atoms. The molecule has 0 unspecified atom stereocenters. The Morgan fingerprint density at radius 2 is 2.07 bits per heavy atom. The smallest absolute Gasteiger partial charge is 0.0841 e. The topological polar surface area (TPSA) is 25.8 Å². The second-order valence-electron chi connectivity index (χ2n) is 3.30. The summed E-state index contributed by atoms with van der Waals surface area (Å²) in [4.78, 5) is 4.33. The summed E-state index contributed by atoms with van der Waals surface area (Å²) >= 11 is 1.47. The molecule has 0 fully saturated rings. The molecular formula is C12H8N2S. The van der Waals surface area contributed by atoms with Crippen LogP contribution < -0.4 is 0 Å². The van der Waals surface area contributed by atoms with Gasteiger partial charge in [0.05, 0.1) is 11.2 Å². The number of rotatable bonds is 1. The average molecular weight is 212 g/mol. The van der Waals surface area contributed by atoms with Crippen molar-refractivity contribution in [3.63, 3.8) is 0 Å². The Morgan fingerprint density at radius 3 is 2.93 bits per heavy atom. The van der Waals surface area contributed by atoms with Crippen molar-refractivity contribution < 1.29 is 0 Å². The normalized spacial score (nSPS) is 10.7. The Balaban J connectivity index is 2.22. The highest BCUT2D eigenvalue weighted by Crippen LogP contribution is 2.22. The molecular weight excluding hydrogens is 204 g/mol. The van der Waals surface area contributed by atoms with Crippen LogP contribution >= 0.6 is 11.5 Å². The molecule has 72 valence electrons. The Labute approximate surface area is 91.4 Å². The summed E-state index contributed by atoms with van der Waals surface area (Å²) in [6.45, 7) is 0. The zero-order chi connectivity index (χ0) is 10.1. The first-order valence-corrected chi connectivity index (χ1v) is 5.53. The van der Waals surface area contributed by atoms with Gasteiger partial charge in [-0.3, -0.25) is 4.98 Å². The van der Waals surface area contributed by atoms with E-state index in [2.05, 4.69) is 33.6 Å². The number of benzene rings is 1. The van der Waals surface area contributed by atoms with Crippen molar-refractivity contribution >= 4 is 22.4 Å². The molecule has 0 saturated heterocycles. The van der Waals surface area contributed by atoms with Gasteiger partial charge in [-0.15, -0.1) is 0 Å². The lowest BCUT2D eigenvalue weighted by atomic mass is 10.1. The van der Waals surface area contributed by atoms with Gasteiger partial charge in [0.25, 0.3) is 0 Å². The summed E-state index contributed by atoms with van der Waals surface area (Å²) in [6, 6.07) is 12.3. The Kier molecular flexibility index (Phi) is 1.96. The van der Waals surface area contributed by atoms with E-state index in [0.29, 0.717) is 0 Å². The molecule has 0 aliphatic carbocycles. The number of hydrogen-bond acceptors (Lipinski definition) is 3. The van der Waals surface area contributed by atoms with Gasteiger partial charge >= 0.3 is 0 Å². The van der Waals surface area contributed by atoms with Crippen molar-refractivity contribution in [3.8, 4) is 11.3 Å². The van der Waals surface area contributed by atoms with E-state index in [9.17, 15) is 0 Å². The summed E-state index contributed by atoms with van der Waals surface area (Å²) in [5.74, 6) is 0. The van der Waals surface area contributed by atoms with Crippen LogP contribution in [0.5, 0.6) is 0 Å². The Hall–Kier alpha value is -1.74. The number of nitrogens with zero attached hydrogens (tertiary/aromatic N) is 2. The molecule has 3 aromatic rings. The summed E-state index contributed by atoms with van der Waals surface area (Å²) in [5, 5.41) is 3.15. The minimum Gasteiger partial charge on any atom is -0.256 e. The molecule has 0 N–H and O–H groups in total. The first-order valence-electron chi connectivity index (χ1n) is 4.69. The minimum atomic E-state index is 1.02. The van der Waals surface area contributed by atoms with Crippen molar-refractivity contribution in [3.05, 3.63) is 48.0 Å². The van der Waals surface area contributed by atoms with E-state index >= 15 is 0 Å². The lowest BCUT2D eigenvalue weighted by Crippen LogP contribution is -1.80. The number of aromatic nitrogens is 2. The SMILES string of the molecule is c1cnc2cc(-c3ccsn3)ccc2c1. The predicted molar refractivity (Wildman–Crippen MR) is 62.9 cm³/mol. The molecule has 2 aromatic heterocycles. The maximum absolute atomic E-state index is 4.33. The third-order valence-corrected chi connectivity index (χ3v) is 2.90. The highest BCUT2D eigenvalue weighted by Gasteiger charge is 2.01. The molecule has 0 aliphatic heterocycles. The van der Waals surface area contributed by atoms with E-state index in [1.165, 1.54) is 11.5 Å². The third kappa shape index (κ3) is 1.51. The van der Waals surface area contributed by atoms with Crippen LogP contribution in [0.1, 0.15) is 0 Å². The average Bonchev–Trinajstić information content (AvgIpc) is 2.82. The predicted octanol–water partition coefficient (Wildman–Crippen LogP) is 3.36. The van der Waals surface area contributed by atoms with E-state index in [1.54, 1.807) is 0 Å². The first kappa shape index (κ1) is 8.56. The lowest BCUT2D eigenvalue weighted by Gasteiger charge is -1.99. The molecule has 0 atom stereocenters. The molecule has 2 nitrogen and oxygen atoms in total. The van der Waals surface area contributed by atoms with Crippen LogP contribution in [0.4, 0.5) is 0 Å². The number of hydrogen-bond donors (Lipinski definition) is 0. The van der Waals surface area contributed by atoms with Crippen LogP contribution in [0, 0.1) is 0 Å². The monoisotopic (exact) mass is 212 g/mol. The fourth-order valence-electron chi connectivity index (χ4n) is 1.59. The molecule has 1 aromatic carbocycles. The van der Waals surface area contributed by atoms with Crippen LogP contribution in [-0.4, -0.2) is 9.36 Å². The Bertz CT molecular complexity index is 587. The largest absolute Gasteiger partial charge is 0.256 e. The van der Waals surface area contributed by atoms with Crippen LogP contribution in [0.3, 0.4) is 0 Å². The highest BCUT2D eigenvalue weighted by atomic mass is 32.1. The first-order chi connectivity index (χ1) is 7.43. The molecule has 0 saturated carbocycles. The Morgan fingerprint density at radius 1 is 1.07 bits per heavy atom. The van der Waals surface area contributed by atoms with Crippen LogP contribution in [-0.2, 0) is 0 Å². The number of pyridine rings is 1. The summed E-state index contributed by atoms with van der Waals surface area (Å²) in [6.07, 6.45) is 1.81. The van der Waals surface area contributed by atoms with E-state index in [0.717, 1.165) is 22.2 Å². The molecule has 3 rings (SSSR count). The van der Waals surface area contributed by atoms with Gasteiger partial charge < -0.3 is 0 Å². The zero-order valence-corrected chi connectivity index (χ0v) is 8.74. The third-order valence-electron chi connectivity index (χ3n) is 2.34. The molecule has 0 radical (unpaired) electrons. The van der Waals surface area contributed by atoms with E-state index < -0.39 is 0 Å². The standard InChI is InChI=1S/C12H8N2S/c1-2-9-3-4-10(8-12(9)13-6-1)11-5-7-15-14-11/h1-8H. The minimum absolute atomic E-state index is 1.02. The molecule has 3 heteroatoms. The van der Waals surface area contributed by atoms with E-state index in [-0.39, 0.29) is 0 Å². The molecule has 0 aliphatic rings. The van der Waals surface area contributed by atoms with Crippen LogP contribution in [0.2, 0.25) is 0 Å². The van der Waals surface area contributed by atoms with Gasteiger partial charge in [0, 0.05) is 22.5 Å². The molecule has 0 spiro atoms. The maximum Gasteiger partial charge on any atom is 0.0841 e. The van der Waals surface area contributed by atoms with Gasteiger partial charge in [0.2, 0.25) is 0 Å².